The molecular weight excluding hydrogens is 491 g/mol. The topological polar surface area (TPSA) is 78.7 Å². The maximum absolute atomic E-state index is 13.4. The lowest BCUT2D eigenvalue weighted by Crippen LogP contribution is -2.57. The molecule has 9 heteroatoms. The summed E-state index contributed by atoms with van der Waals surface area (Å²) in [7, 11) is 0. The van der Waals surface area contributed by atoms with Crippen LogP contribution >= 0.6 is 36.6 Å². The summed E-state index contributed by atoms with van der Waals surface area (Å²) < 4.78 is 0. The van der Waals surface area contributed by atoms with Gasteiger partial charge in [0.2, 0.25) is 5.91 Å². The molecule has 6 nitrogen and oxygen atoms in total. The highest BCUT2D eigenvalue weighted by Crippen LogP contribution is 2.23. The van der Waals surface area contributed by atoms with E-state index < -0.39 is 0 Å². The molecule has 2 amide bonds. The number of piperazine rings is 1. The SMILES string of the molecule is CCCC[C@H]1CN(C(=O)c2cccc3ccccc23)CCN1C[C@@H](N)CSCNC(C)=O.Cl.Cl. The van der Waals surface area contributed by atoms with E-state index in [4.69, 9.17) is 5.73 Å². The number of amides is 2. The Balaban J connectivity index is 0.00000289. The van der Waals surface area contributed by atoms with E-state index in [0.717, 1.165) is 67.5 Å². The first-order chi connectivity index (χ1) is 15.5. The van der Waals surface area contributed by atoms with E-state index in [1.807, 2.05) is 35.2 Å². The number of hydrogen-bond acceptors (Lipinski definition) is 5. The maximum atomic E-state index is 13.4. The molecule has 1 fully saturated rings. The molecule has 3 rings (SSSR count). The predicted octanol–water partition coefficient (Wildman–Crippen LogP) is 4.15. The second kappa shape index (κ2) is 15.5. The number of carbonyl (C=O) groups excluding carboxylic acids is 2. The molecule has 0 radical (unpaired) electrons. The second-order valence-corrected chi connectivity index (χ2v) is 9.61. The van der Waals surface area contributed by atoms with Crippen LogP contribution in [-0.2, 0) is 4.79 Å². The van der Waals surface area contributed by atoms with Crippen LogP contribution in [0.1, 0.15) is 43.5 Å². The Morgan fingerprint density at radius 3 is 2.62 bits per heavy atom. The maximum Gasteiger partial charge on any atom is 0.254 e. The smallest absolute Gasteiger partial charge is 0.254 e. The van der Waals surface area contributed by atoms with E-state index in [1.165, 1.54) is 6.92 Å². The predicted molar refractivity (Wildman–Crippen MR) is 148 cm³/mol. The van der Waals surface area contributed by atoms with Crippen LogP contribution in [0.4, 0.5) is 0 Å². The molecule has 190 valence electrons. The number of thioether (sulfide) groups is 1. The summed E-state index contributed by atoms with van der Waals surface area (Å²) in [6.07, 6.45) is 3.35. The lowest BCUT2D eigenvalue weighted by atomic mass is 10.0. The average molecular weight is 530 g/mol. The fourth-order valence-electron chi connectivity index (χ4n) is 4.33. The number of halogens is 2. The first-order valence-electron chi connectivity index (χ1n) is 11.6. The van der Waals surface area contributed by atoms with Crippen molar-refractivity contribution in [3.8, 4) is 0 Å². The molecule has 1 saturated heterocycles. The number of fused-ring (bicyclic) bond motifs is 1. The van der Waals surface area contributed by atoms with Crippen LogP contribution in [0.25, 0.3) is 10.8 Å². The Bertz CT molecular complexity index is 912. The fraction of sp³-hybridized carbons (Fsp3) is 0.520. The Hall–Kier alpha value is -1.51. The van der Waals surface area contributed by atoms with Gasteiger partial charge in [0.25, 0.3) is 5.91 Å². The van der Waals surface area contributed by atoms with Crippen LogP contribution < -0.4 is 11.1 Å². The standard InChI is InChI=1S/C25H36N4O2S.2ClH/c1-3-4-10-22-16-29(14-13-28(22)15-21(26)17-32-18-27-19(2)30)25(31)24-12-7-9-20-8-5-6-11-23(20)24;;/h5-9,11-12,21-22H,3-4,10,13-18,26H2,1-2H3,(H,27,30);2*1H/t21-,22+;;/m1../s1. The summed E-state index contributed by atoms with van der Waals surface area (Å²) in [5.41, 5.74) is 7.19. The van der Waals surface area contributed by atoms with E-state index in [0.29, 0.717) is 11.9 Å². The molecule has 0 bridgehead atoms. The van der Waals surface area contributed by atoms with Gasteiger partial charge in [-0.25, -0.2) is 0 Å². The van der Waals surface area contributed by atoms with Gasteiger partial charge in [0, 0.05) is 56.5 Å². The van der Waals surface area contributed by atoms with E-state index in [-0.39, 0.29) is 42.7 Å². The minimum atomic E-state index is -0.0160. The molecule has 0 aromatic heterocycles. The van der Waals surface area contributed by atoms with Crippen molar-refractivity contribution in [1.29, 1.82) is 0 Å². The number of hydrogen-bond donors (Lipinski definition) is 2. The van der Waals surface area contributed by atoms with Crippen molar-refractivity contribution < 1.29 is 9.59 Å². The number of rotatable bonds is 10. The summed E-state index contributed by atoms with van der Waals surface area (Å²) in [6, 6.07) is 14.4. The Kier molecular flexibility index (Phi) is 13.9. The average Bonchev–Trinajstić information content (AvgIpc) is 2.80. The molecule has 2 aromatic carbocycles. The van der Waals surface area contributed by atoms with Crippen LogP contribution in [0.15, 0.2) is 42.5 Å². The molecule has 3 N–H and O–H groups in total. The minimum Gasteiger partial charge on any atom is -0.347 e. The van der Waals surface area contributed by atoms with Gasteiger partial charge in [-0.15, -0.1) is 36.6 Å². The second-order valence-electron chi connectivity index (χ2n) is 8.58. The Morgan fingerprint density at radius 2 is 1.88 bits per heavy atom. The zero-order valence-corrected chi connectivity index (χ0v) is 22.5. The molecule has 0 aliphatic carbocycles. The molecular formula is C25H38Cl2N4O2S. The highest BCUT2D eigenvalue weighted by molar-refractivity contribution is 7.99. The van der Waals surface area contributed by atoms with Crippen molar-refractivity contribution in [2.75, 3.05) is 37.8 Å². The van der Waals surface area contributed by atoms with Crippen molar-refractivity contribution in [3.63, 3.8) is 0 Å². The third kappa shape index (κ3) is 8.61. The Labute approximate surface area is 220 Å². The number of carbonyl (C=O) groups is 2. The molecule has 1 aliphatic rings. The first kappa shape index (κ1) is 30.5. The monoisotopic (exact) mass is 528 g/mol. The first-order valence-corrected chi connectivity index (χ1v) is 12.7. The van der Waals surface area contributed by atoms with Crippen LogP contribution in [0, 0.1) is 0 Å². The van der Waals surface area contributed by atoms with Crippen LogP contribution in [0.3, 0.4) is 0 Å². The van der Waals surface area contributed by atoms with E-state index in [9.17, 15) is 9.59 Å². The highest BCUT2D eigenvalue weighted by atomic mass is 35.5. The summed E-state index contributed by atoms with van der Waals surface area (Å²) in [5.74, 6) is 1.50. The van der Waals surface area contributed by atoms with Gasteiger partial charge in [0.15, 0.2) is 0 Å². The number of benzene rings is 2. The van der Waals surface area contributed by atoms with Gasteiger partial charge in [-0.2, -0.15) is 0 Å². The molecule has 0 spiro atoms. The summed E-state index contributed by atoms with van der Waals surface area (Å²) in [5, 5.41) is 4.92. The number of nitrogens with two attached hydrogens (primary N) is 1. The van der Waals surface area contributed by atoms with Gasteiger partial charge in [-0.05, 0) is 23.3 Å². The van der Waals surface area contributed by atoms with E-state index >= 15 is 0 Å². The van der Waals surface area contributed by atoms with Gasteiger partial charge in [0.05, 0.1) is 5.88 Å². The van der Waals surface area contributed by atoms with Gasteiger partial charge < -0.3 is 16.0 Å². The van der Waals surface area contributed by atoms with Crippen LogP contribution in [0.5, 0.6) is 0 Å². The lowest BCUT2D eigenvalue weighted by Gasteiger charge is -2.42. The molecule has 2 atom stereocenters. The lowest BCUT2D eigenvalue weighted by molar-refractivity contribution is -0.118. The third-order valence-electron chi connectivity index (χ3n) is 6.03. The minimum absolute atomic E-state index is 0. The van der Waals surface area contributed by atoms with Crippen molar-refractivity contribution in [2.24, 2.45) is 5.73 Å². The van der Waals surface area contributed by atoms with Crippen LogP contribution in [0.2, 0.25) is 0 Å². The molecule has 2 aromatic rings. The third-order valence-corrected chi connectivity index (χ3v) is 7.04. The van der Waals surface area contributed by atoms with Gasteiger partial charge in [-0.1, -0.05) is 56.2 Å². The van der Waals surface area contributed by atoms with E-state index in [2.05, 4.69) is 29.3 Å². The van der Waals surface area contributed by atoms with E-state index in [1.54, 1.807) is 11.8 Å². The molecule has 0 saturated carbocycles. The summed E-state index contributed by atoms with van der Waals surface area (Å²) in [6.45, 7) is 6.85. The van der Waals surface area contributed by atoms with Crippen molar-refractivity contribution in [3.05, 3.63) is 48.0 Å². The van der Waals surface area contributed by atoms with Gasteiger partial charge in [0.1, 0.15) is 0 Å². The molecule has 1 heterocycles. The van der Waals surface area contributed by atoms with Gasteiger partial charge >= 0.3 is 0 Å². The zero-order chi connectivity index (χ0) is 22.9. The number of nitrogens with zero attached hydrogens (tertiary/aromatic N) is 2. The quantitative estimate of drug-likeness (QED) is 0.357. The molecule has 0 unspecified atom stereocenters. The molecule has 1 aliphatic heterocycles. The van der Waals surface area contributed by atoms with Crippen LogP contribution in [-0.4, -0.2) is 71.5 Å². The van der Waals surface area contributed by atoms with Crippen molar-refractivity contribution in [1.82, 2.24) is 15.1 Å². The molecule has 34 heavy (non-hydrogen) atoms. The van der Waals surface area contributed by atoms with Gasteiger partial charge in [-0.3, -0.25) is 14.5 Å². The highest BCUT2D eigenvalue weighted by Gasteiger charge is 2.30. The summed E-state index contributed by atoms with van der Waals surface area (Å²) in [4.78, 5) is 28.9. The fourth-order valence-corrected chi connectivity index (χ4v) is 5.16. The number of nitrogens with one attached hydrogen (secondary N) is 1. The Morgan fingerprint density at radius 1 is 1.15 bits per heavy atom. The summed E-state index contributed by atoms with van der Waals surface area (Å²) >= 11 is 1.65. The van der Waals surface area contributed by atoms with Crippen molar-refractivity contribution in [2.45, 2.75) is 45.2 Å². The largest absolute Gasteiger partial charge is 0.347 e. The number of unbranched alkanes of at least 4 members (excludes halogenated alkanes) is 1. The van der Waals surface area contributed by atoms with Crippen molar-refractivity contribution >= 4 is 59.2 Å². The zero-order valence-electron chi connectivity index (χ0n) is 20.1. The normalized spacial score (nSPS) is 16.9.